The van der Waals surface area contributed by atoms with Crippen LogP contribution in [0.25, 0.3) is 0 Å². The molecule has 1 aliphatic heterocycles. The van der Waals surface area contributed by atoms with Gasteiger partial charge >= 0.3 is 0 Å². The Kier molecular flexibility index (Phi) is 4.85. The Balaban J connectivity index is 1.87. The molecular weight excluding hydrogens is 260 g/mol. The lowest BCUT2D eigenvalue weighted by Crippen LogP contribution is -2.59. The van der Waals surface area contributed by atoms with Gasteiger partial charge in [0.15, 0.2) is 0 Å². The lowest BCUT2D eigenvalue weighted by atomic mass is 10.0. The molecule has 2 N–H and O–H groups in total. The van der Waals surface area contributed by atoms with Gasteiger partial charge in [-0.25, -0.2) is 0 Å². The number of nitrogens with one attached hydrogen (secondary N) is 2. The number of benzene rings is 1. The van der Waals surface area contributed by atoms with Crippen LogP contribution in [-0.2, 0) is 9.53 Å². The van der Waals surface area contributed by atoms with Crippen molar-refractivity contribution in [3.8, 4) is 0 Å². The third kappa shape index (κ3) is 3.96. The van der Waals surface area contributed by atoms with Crippen molar-refractivity contribution in [2.45, 2.75) is 24.3 Å². The number of rotatable bonds is 6. The maximum atomic E-state index is 11.9. The van der Waals surface area contributed by atoms with E-state index >= 15 is 0 Å². The molecule has 19 heavy (non-hydrogen) atoms. The lowest BCUT2D eigenvalue weighted by molar-refractivity contribution is -0.130. The van der Waals surface area contributed by atoms with Gasteiger partial charge in [-0.1, -0.05) is 19.1 Å². The Morgan fingerprint density at radius 2 is 2.21 bits per heavy atom. The first-order chi connectivity index (χ1) is 9.13. The van der Waals surface area contributed by atoms with E-state index in [1.807, 2.05) is 31.2 Å². The lowest BCUT2D eigenvalue weighted by Gasteiger charge is -2.38. The van der Waals surface area contributed by atoms with E-state index in [9.17, 15) is 4.79 Å². The summed E-state index contributed by atoms with van der Waals surface area (Å²) in [5, 5.41) is 6.05. The summed E-state index contributed by atoms with van der Waals surface area (Å²) in [5.74, 6) is 0.880. The molecule has 0 saturated carbocycles. The summed E-state index contributed by atoms with van der Waals surface area (Å²) in [4.78, 5) is 13.0. The number of para-hydroxylation sites is 1. The summed E-state index contributed by atoms with van der Waals surface area (Å²) in [6.07, 6.45) is 0. The molecule has 0 aromatic heterocycles. The summed E-state index contributed by atoms with van der Waals surface area (Å²) >= 11 is 1.72. The van der Waals surface area contributed by atoms with Gasteiger partial charge in [0.05, 0.1) is 11.3 Å². The van der Waals surface area contributed by atoms with Crippen LogP contribution in [0.15, 0.2) is 29.2 Å². The van der Waals surface area contributed by atoms with Crippen molar-refractivity contribution in [1.82, 2.24) is 5.32 Å². The van der Waals surface area contributed by atoms with Crippen molar-refractivity contribution >= 4 is 23.4 Å². The third-order valence-corrected chi connectivity index (χ3v) is 3.97. The molecule has 1 fully saturated rings. The van der Waals surface area contributed by atoms with Crippen LogP contribution in [0.1, 0.15) is 13.8 Å². The van der Waals surface area contributed by atoms with Crippen LogP contribution in [0.5, 0.6) is 0 Å². The fourth-order valence-corrected chi connectivity index (χ4v) is 2.62. The van der Waals surface area contributed by atoms with Crippen molar-refractivity contribution in [2.75, 3.05) is 30.8 Å². The monoisotopic (exact) mass is 280 g/mol. The molecule has 1 saturated heterocycles. The molecule has 1 heterocycles. The van der Waals surface area contributed by atoms with Gasteiger partial charge in [-0.2, -0.15) is 0 Å². The van der Waals surface area contributed by atoms with E-state index in [4.69, 9.17) is 4.74 Å². The molecule has 1 aromatic rings. The minimum Gasteiger partial charge on any atom is -0.363 e. The van der Waals surface area contributed by atoms with Gasteiger partial charge in [0, 0.05) is 18.0 Å². The molecule has 104 valence electrons. The normalized spacial score (nSPS) is 16.7. The Bertz CT molecular complexity index is 447. The number of hydrogen-bond acceptors (Lipinski definition) is 4. The standard InChI is InChI=1S/C14H20N2O2S/c1-3-19-12-7-5-4-6-11(12)16-13(17)8-18-14(2)9-15-10-14/h4-7,15H,3,8-10H2,1-2H3,(H,16,17). The van der Waals surface area contributed by atoms with Crippen LogP contribution in [0, 0.1) is 0 Å². The molecule has 0 aliphatic carbocycles. The number of hydrogen-bond donors (Lipinski definition) is 2. The zero-order valence-electron chi connectivity index (χ0n) is 11.4. The van der Waals surface area contributed by atoms with E-state index in [-0.39, 0.29) is 18.1 Å². The van der Waals surface area contributed by atoms with E-state index in [1.165, 1.54) is 0 Å². The van der Waals surface area contributed by atoms with Crippen LogP contribution < -0.4 is 10.6 Å². The minimum absolute atomic E-state index is 0.0997. The Morgan fingerprint density at radius 1 is 1.47 bits per heavy atom. The molecule has 0 bridgehead atoms. The van der Waals surface area contributed by atoms with Crippen LogP contribution >= 0.6 is 11.8 Å². The molecule has 5 heteroatoms. The van der Waals surface area contributed by atoms with Gasteiger partial charge in [0.1, 0.15) is 6.61 Å². The van der Waals surface area contributed by atoms with Gasteiger partial charge < -0.3 is 15.4 Å². The highest BCUT2D eigenvalue weighted by molar-refractivity contribution is 7.99. The summed E-state index contributed by atoms with van der Waals surface area (Å²) in [5.41, 5.74) is 0.675. The van der Waals surface area contributed by atoms with Crippen LogP contribution in [0.3, 0.4) is 0 Å². The second-order valence-electron chi connectivity index (χ2n) is 4.82. The van der Waals surface area contributed by atoms with Crippen molar-refractivity contribution in [3.05, 3.63) is 24.3 Å². The predicted molar refractivity (Wildman–Crippen MR) is 78.7 cm³/mol. The minimum atomic E-state index is -0.185. The van der Waals surface area contributed by atoms with Crippen LogP contribution in [0.2, 0.25) is 0 Å². The van der Waals surface area contributed by atoms with E-state index in [0.717, 1.165) is 29.4 Å². The Morgan fingerprint density at radius 3 is 2.84 bits per heavy atom. The summed E-state index contributed by atoms with van der Waals surface area (Å²) in [6.45, 7) is 5.82. The molecular formula is C14H20N2O2S. The fourth-order valence-electron chi connectivity index (χ4n) is 1.86. The zero-order chi connectivity index (χ0) is 13.7. The number of anilines is 1. The van der Waals surface area contributed by atoms with Gasteiger partial charge in [-0.3, -0.25) is 4.79 Å². The fraction of sp³-hybridized carbons (Fsp3) is 0.500. The first kappa shape index (κ1) is 14.4. The molecule has 1 aromatic carbocycles. The zero-order valence-corrected chi connectivity index (χ0v) is 12.2. The summed E-state index contributed by atoms with van der Waals surface area (Å²) in [7, 11) is 0. The largest absolute Gasteiger partial charge is 0.363 e. The van der Waals surface area contributed by atoms with Gasteiger partial charge in [-0.05, 0) is 24.8 Å². The third-order valence-electron chi connectivity index (χ3n) is 3.01. The first-order valence-electron chi connectivity index (χ1n) is 6.49. The molecule has 0 radical (unpaired) electrons. The smallest absolute Gasteiger partial charge is 0.250 e. The highest BCUT2D eigenvalue weighted by Crippen LogP contribution is 2.26. The molecule has 1 amide bonds. The molecule has 0 atom stereocenters. The van der Waals surface area contributed by atoms with Gasteiger partial charge in [0.25, 0.3) is 0 Å². The second kappa shape index (κ2) is 6.41. The average Bonchev–Trinajstić information content (AvgIpc) is 2.37. The Hall–Kier alpha value is -1.04. The molecule has 2 rings (SSSR count). The van der Waals surface area contributed by atoms with Crippen molar-refractivity contribution in [2.24, 2.45) is 0 Å². The quantitative estimate of drug-likeness (QED) is 0.784. The molecule has 0 spiro atoms. The SMILES string of the molecule is CCSc1ccccc1NC(=O)COC1(C)CNC1. The number of carbonyl (C=O) groups is 1. The van der Waals surface area contributed by atoms with Crippen LogP contribution in [0.4, 0.5) is 5.69 Å². The topological polar surface area (TPSA) is 50.4 Å². The molecule has 0 unspecified atom stereocenters. The number of amides is 1. The Labute approximate surface area is 118 Å². The second-order valence-corrected chi connectivity index (χ2v) is 6.13. The first-order valence-corrected chi connectivity index (χ1v) is 7.48. The molecule has 1 aliphatic rings. The number of ether oxygens (including phenoxy) is 1. The molecule has 4 nitrogen and oxygen atoms in total. The van der Waals surface area contributed by atoms with Gasteiger partial charge in [-0.15, -0.1) is 11.8 Å². The number of carbonyl (C=O) groups excluding carboxylic acids is 1. The van der Waals surface area contributed by atoms with Crippen LogP contribution in [-0.4, -0.2) is 37.0 Å². The van der Waals surface area contributed by atoms with Crippen molar-refractivity contribution in [3.63, 3.8) is 0 Å². The van der Waals surface area contributed by atoms with E-state index in [2.05, 4.69) is 17.6 Å². The summed E-state index contributed by atoms with van der Waals surface area (Å²) < 4.78 is 5.62. The van der Waals surface area contributed by atoms with Gasteiger partial charge in [0.2, 0.25) is 5.91 Å². The van der Waals surface area contributed by atoms with E-state index in [0.29, 0.717) is 0 Å². The summed E-state index contributed by atoms with van der Waals surface area (Å²) in [6, 6.07) is 7.84. The average molecular weight is 280 g/mol. The van der Waals surface area contributed by atoms with E-state index < -0.39 is 0 Å². The van der Waals surface area contributed by atoms with Crippen molar-refractivity contribution < 1.29 is 9.53 Å². The van der Waals surface area contributed by atoms with E-state index in [1.54, 1.807) is 11.8 Å². The maximum Gasteiger partial charge on any atom is 0.250 e. The van der Waals surface area contributed by atoms with Crippen molar-refractivity contribution in [1.29, 1.82) is 0 Å². The maximum absolute atomic E-state index is 11.9. The predicted octanol–water partition coefficient (Wildman–Crippen LogP) is 2.12. The number of thioether (sulfide) groups is 1. The highest BCUT2D eigenvalue weighted by atomic mass is 32.2. The highest BCUT2D eigenvalue weighted by Gasteiger charge is 2.33.